The van der Waals surface area contributed by atoms with Gasteiger partial charge < -0.3 is 49.7 Å². The van der Waals surface area contributed by atoms with E-state index in [1.807, 2.05) is 0 Å². The molecule has 5 N–H and O–H groups in total. The highest BCUT2D eigenvalue weighted by molar-refractivity contribution is 7.99. The number of hydrogen-bond acceptors (Lipinski definition) is 13. The van der Waals surface area contributed by atoms with Gasteiger partial charge in [-0.25, -0.2) is 0 Å². The van der Waals surface area contributed by atoms with Gasteiger partial charge in [-0.1, -0.05) is 0 Å². The van der Waals surface area contributed by atoms with Gasteiger partial charge in [0.1, 0.15) is 37.0 Å². The molecule has 0 saturated carbocycles. The van der Waals surface area contributed by atoms with E-state index in [4.69, 9.17) is 34.2 Å². The molecule has 0 radical (unpaired) electrons. The summed E-state index contributed by atoms with van der Waals surface area (Å²) < 4.78 is 31.3. The maximum atomic E-state index is 11.9. The molecule has 3 unspecified atom stereocenters. The van der Waals surface area contributed by atoms with E-state index in [0.717, 1.165) is 0 Å². The number of esters is 2. The number of nitrogens with one attached hydrogen (secondary N) is 1. The molecular formula is C20H36N2O11S. The summed E-state index contributed by atoms with van der Waals surface area (Å²) in [7, 11) is 0. The number of rotatable bonds is 17. The van der Waals surface area contributed by atoms with Gasteiger partial charge in [0.15, 0.2) is 6.10 Å². The van der Waals surface area contributed by atoms with Crippen LogP contribution in [0.15, 0.2) is 0 Å². The van der Waals surface area contributed by atoms with Gasteiger partial charge in [0, 0.05) is 32.7 Å². The second-order valence-corrected chi connectivity index (χ2v) is 8.39. The Hall–Kier alpha value is -1.52. The first-order valence-corrected chi connectivity index (χ1v) is 11.9. The van der Waals surface area contributed by atoms with E-state index in [-0.39, 0.29) is 32.3 Å². The topological polar surface area (TPSA) is 185 Å². The summed E-state index contributed by atoms with van der Waals surface area (Å²) in [6.07, 6.45) is -4.99. The molecule has 1 fully saturated rings. The van der Waals surface area contributed by atoms with Crippen molar-refractivity contribution in [1.29, 1.82) is 0 Å². The van der Waals surface area contributed by atoms with Gasteiger partial charge >= 0.3 is 11.9 Å². The SMILES string of the molecule is CC(=O)OCC1O[C@@H](SCCNC(=O)COCCOCCOCCN)C(OC(C)=O)C(O)[C@H]1O. The van der Waals surface area contributed by atoms with E-state index < -0.39 is 41.8 Å². The first kappa shape index (κ1) is 30.5. The van der Waals surface area contributed by atoms with Crippen molar-refractivity contribution in [2.24, 2.45) is 5.73 Å². The molecule has 14 heteroatoms. The molecule has 1 saturated heterocycles. The molecule has 1 aliphatic rings. The van der Waals surface area contributed by atoms with E-state index in [9.17, 15) is 24.6 Å². The van der Waals surface area contributed by atoms with Crippen molar-refractivity contribution in [3.8, 4) is 0 Å². The van der Waals surface area contributed by atoms with E-state index in [1.165, 1.54) is 25.6 Å². The van der Waals surface area contributed by atoms with Crippen molar-refractivity contribution in [3.05, 3.63) is 0 Å². The lowest BCUT2D eigenvalue weighted by Crippen LogP contribution is -2.59. The minimum atomic E-state index is -1.44. The molecule has 198 valence electrons. The number of nitrogens with two attached hydrogens (primary N) is 1. The minimum Gasteiger partial charge on any atom is -0.463 e. The van der Waals surface area contributed by atoms with Gasteiger partial charge in [-0.15, -0.1) is 11.8 Å². The zero-order valence-electron chi connectivity index (χ0n) is 19.5. The van der Waals surface area contributed by atoms with E-state index in [0.29, 0.717) is 38.7 Å². The van der Waals surface area contributed by atoms with Gasteiger partial charge in [-0.05, 0) is 0 Å². The van der Waals surface area contributed by atoms with Crippen LogP contribution in [-0.4, -0.2) is 123 Å². The summed E-state index contributed by atoms with van der Waals surface area (Å²) in [6, 6.07) is 0. The summed E-state index contributed by atoms with van der Waals surface area (Å²) >= 11 is 1.17. The molecule has 0 spiro atoms. The Morgan fingerprint density at radius 1 is 0.971 bits per heavy atom. The molecule has 13 nitrogen and oxygen atoms in total. The van der Waals surface area contributed by atoms with Gasteiger partial charge in [-0.3, -0.25) is 14.4 Å². The van der Waals surface area contributed by atoms with Crippen LogP contribution in [0.4, 0.5) is 0 Å². The Balaban J connectivity index is 2.31. The molecule has 1 rings (SSSR count). The monoisotopic (exact) mass is 512 g/mol. The van der Waals surface area contributed by atoms with Gasteiger partial charge in [0.2, 0.25) is 5.91 Å². The number of aliphatic hydroxyl groups excluding tert-OH is 2. The van der Waals surface area contributed by atoms with Crippen LogP contribution in [0.1, 0.15) is 13.8 Å². The lowest BCUT2D eigenvalue weighted by atomic mass is 10.00. The standard InChI is InChI=1S/C20H36N2O11S/c1-13(23)31-11-15-17(26)18(27)19(32-14(2)24)20(33-15)34-10-4-22-16(25)12-30-9-8-29-7-6-28-5-3-21/h15,17-20,26-27H,3-12,21H2,1-2H3,(H,22,25)/t15?,17-,18?,19?,20-/m0/s1. The third kappa shape index (κ3) is 12.8. The lowest BCUT2D eigenvalue weighted by molar-refractivity contribution is -0.220. The Kier molecular flexibility index (Phi) is 16.0. The van der Waals surface area contributed by atoms with Gasteiger partial charge in [0.25, 0.3) is 0 Å². The quantitative estimate of drug-likeness (QED) is 0.121. The first-order valence-electron chi connectivity index (χ1n) is 10.9. The van der Waals surface area contributed by atoms with Crippen molar-refractivity contribution in [2.75, 3.05) is 65.1 Å². The van der Waals surface area contributed by atoms with Crippen LogP contribution in [0.25, 0.3) is 0 Å². The van der Waals surface area contributed by atoms with Crippen molar-refractivity contribution in [2.45, 2.75) is 43.7 Å². The zero-order chi connectivity index (χ0) is 25.3. The third-order valence-corrected chi connectivity index (χ3v) is 5.49. The number of ether oxygens (including phenoxy) is 6. The lowest BCUT2D eigenvalue weighted by Gasteiger charge is -2.41. The normalized spacial score (nSPS) is 24.4. The smallest absolute Gasteiger partial charge is 0.303 e. The molecule has 0 bridgehead atoms. The molecule has 1 heterocycles. The zero-order valence-corrected chi connectivity index (χ0v) is 20.3. The summed E-state index contributed by atoms with van der Waals surface area (Å²) in [4.78, 5) is 34.3. The highest BCUT2D eigenvalue weighted by Gasteiger charge is 2.46. The van der Waals surface area contributed by atoms with Crippen LogP contribution < -0.4 is 11.1 Å². The average molecular weight is 513 g/mol. The fourth-order valence-electron chi connectivity index (χ4n) is 2.80. The van der Waals surface area contributed by atoms with E-state index >= 15 is 0 Å². The molecule has 1 amide bonds. The second kappa shape index (κ2) is 17.8. The highest BCUT2D eigenvalue weighted by Crippen LogP contribution is 2.30. The third-order valence-electron chi connectivity index (χ3n) is 4.34. The molecule has 5 atom stereocenters. The van der Waals surface area contributed by atoms with Crippen LogP contribution in [0.5, 0.6) is 0 Å². The molecule has 34 heavy (non-hydrogen) atoms. The fourth-order valence-corrected chi connectivity index (χ4v) is 3.88. The molecule has 0 aromatic carbocycles. The maximum absolute atomic E-state index is 11.9. The molecule has 0 aliphatic carbocycles. The largest absolute Gasteiger partial charge is 0.463 e. The number of aliphatic hydroxyl groups is 2. The number of amides is 1. The summed E-state index contributed by atoms with van der Waals surface area (Å²) in [5.74, 6) is -1.19. The maximum Gasteiger partial charge on any atom is 0.303 e. The number of hydrogen-bond donors (Lipinski definition) is 4. The molecule has 0 aromatic heterocycles. The molecular weight excluding hydrogens is 476 g/mol. The van der Waals surface area contributed by atoms with Crippen molar-refractivity contribution < 1.29 is 53.0 Å². The second-order valence-electron chi connectivity index (χ2n) is 7.19. The Morgan fingerprint density at radius 3 is 2.24 bits per heavy atom. The fraction of sp³-hybridized carbons (Fsp3) is 0.850. The molecule has 0 aromatic rings. The van der Waals surface area contributed by atoms with Crippen LogP contribution in [0, 0.1) is 0 Å². The number of thioether (sulfide) groups is 1. The van der Waals surface area contributed by atoms with Crippen LogP contribution in [0.2, 0.25) is 0 Å². The van der Waals surface area contributed by atoms with Gasteiger partial charge in [-0.2, -0.15) is 0 Å². The first-order chi connectivity index (χ1) is 16.3. The number of carbonyl (C=O) groups is 3. The summed E-state index contributed by atoms with van der Waals surface area (Å²) in [5.41, 5.74) is 4.45. The average Bonchev–Trinajstić information content (AvgIpc) is 2.78. The van der Waals surface area contributed by atoms with Crippen molar-refractivity contribution in [1.82, 2.24) is 5.32 Å². The minimum absolute atomic E-state index is 0.136. The predicted octanol–water partition coefficient (Wildman–Crippen LogP) is -2.21. The van der Waals surface area contributed by atoms with Crippen LogP contribution in [0.3, 0.4) is 0 Å². The van der Waals surface area contributed by atoms with Gasteiger partial charge in [0.05, 0.1) is 33.0 Å². The van der Waals surface area contributed by atoms with Crippen molar-refractivity contribution in [3.63, 3.8) is 0 Å². The van der Waals surface area contributed by atoms with E-state index in [1.54, 1.807) is 0 Å². The Labute approximate surface area is 202 Å². The summed E-state index contributed by atoms with van der Waals surface area (Å²) in [6.45, 7) is 4.60. The number of carbonyl (C=O) groups excluding carboxylic acids is 3. The van der Waals surface area contributed by atoms with Crippen LogP contribution in [-0.2, 0) is 42.8 Å². The Morgan fingerprint density at radius 2 is 1.62 bits per heavy atom. The highest BCUT2D eigenvalue weighted by atomic mass is 32.2. The van der Waals surface area contributed by atoms with Crippen LogP contribution >= 0.6 is 11.8 Å². The summed E-state index contributed by atoms with van der Waals surface area (Å²) in [5, 5.41) is 23.3. The molecule has 1 aliphatic heterocycles. The van der Waals surface area contributed by atoms with E-state index in [2.05, 4.69) is 5.32 Å². The Bertz CT molecular complexity index is 611. The van der Waals surface area contributed by atoms with Crippen molar-refractivity contribution >= 4 is 29.6 Å². The predicted molar refractivity (Wildman–Crippen MR) is 120 cm³/mol.